The number of unbranched alkanes of at least 4 members (excludes halogenated alkanes) is 5. The molecule has 0 saturated heterocycles. The van der Waals surface area contributed by atoms with Crippen molar-refractivity contribution >= 4 is 5.97 Å². The van der Waals surface area contributed by atoms with E-state index in [0.29, 0.717) is 0 Å². The lowest BCUT2D eigenvalue weighted by atomic mass is 10.0. The highest BCUT2D eigenvalue weighted by molar-refractivity contribution is 5.66. The molecule has 3 nitrogen and oxygen atoms in total. The Hall–Kier alpha value is -1.01. The summed E-state index contributed by atoms with van der Waals surface area (Å²) >= 11 is 0. The van der Waals surface area contributed by atoms with Gasteiger partial charge in [-0.15, -0.1) is 12.3 Å². The van der Waals surface area contributed by atoms with Crippen molar-refractivity contribution in [1.82, 2.24) is 0 Å². The van der Waals surface area contributed by atoms with E-state index in [-0.39, 0.29) is 18.7 Å². The molecule has 0 bridgehead atoms. The third-order valence-electron chi connectivity index (χ3n) is 2.86. The largest absolute Gasteiger partial charge is 0.463 e. The maximum atomic E-state index is 11.0. The summed E-state index contributed by atoms with van der Waals surface area (Å²) in [6.45, 7) is 1.72. The van der Waals surface area contributed by atoms with Crippen LogP contribution in [0.2, 0.25) is 0 Å². The molecule has 1 atom stereocenters. The van der Waals surface area contributed by atoms with Crippen molar-refractivity contribution in [3.05, 3.63) is 0 Å². The number of esters is 1. The Morgan fingerprint density at radius 3 is 2.33 bits per heavy atom. The van der Waals surface area contributed by atoms with E-state index in [0.717, 1.165) is 57.8 Å². The first kappa shape index (κ1) is 17.0. The average Bonchev–Trinajstić information content (AvgIpc) is 2.33. The molecule has 18 heavy (non-hydrogen) atoms. The fourth-order valence-corrected chi connectivity index (χ4v) is 1.93. The molecule has 0 aliphatic heterocycles. The van der Waals surface area contributed by atoms with E-state index >= 15 is 0 Å². The Balaban J connectivity index is 3.70. The fourth-order valence-electron chi connectivity index (χ4n) is 1.93. The van der Waals surface area contributed by atoms with Gasteiger partial charge in [0.05, 0.1) is 0 Å². The Labute approximate surface area is 111 Å². The number of terminal acetylenes is 1. The molecular formula is C15H26O3. The second-order valence-electron chi connectivity index (χ2n) is 4.61. The van der Waals surface area contributed by atoms with Crippen molar-refractivity contribution in [2.45, 2.75) is 70.8 Å². The van der Waals surface area contributed by atoms with Crippen LogP contribution in [0.1, 0.15) is 64.7 Å². The van der Waals surface area contributed by atoms with Crippen LogP contribution >= 0.6 is 0 Å². The Bertz CT molecular complexity index is 243. The number of carbonyl (C=O) groups is 1. The summed E-state index contributed by atoms with van der Waals surface area (Å²) in [6.07, 6.45) is 13.9. The third-order valence-corrected chi connectivity index (χ3v) is 2.86. The molecule has 0 saturated carbocycles. The quantitative estimate of drug-likeness (QED) is 0.350. The van der Waals surface area contributed by atoms with Crippen molar-refractivity contribution in [2.24, 2.45) is 0 Å². The van der Waals surface area contributed by atoms with Gasteiger partial charge in [0.15, 0.2) is 0 Å². The van der Waals surface area contributed by atoms with Crippen molar-refractivity contribution < 1.29 is 14.6 Å². The molecule has 0 aliphatic rings. The number of carbonyl (C=O) groups excluding carboxylic acids is 1. The minimum atomic E-state index is -0.202. The fraction of sp³-hybridized carbons (Fsp3) is 0.800. The molecule has 1 unspecified atom stereocenters. The second kappa shape index (κ2) is 12.4. The van der Waals surface area contributed by atoms with E-state index < -0.39 is 0 Å². The lowest BCUT2D eigenvalue weighted by Crippen LogP contribution is -2.16. The lowest BCUT2D eigenvalue weighted by molar-refractivity contribution is -0.147. The number of ether oxygens (including phenoxy) is 1. The molecule has 0 spiro atoms. The average molecular weight is 254 g/mol. The van der Waals surface area contributed by atoms with Gasteiger partial charge in [-0.1, -0.05) is 12.8 Å². The SMILES string of the molecule is C#CCCCCC(CCCCCCO)OC(C)=O. The number of aliphatic hydroxyl groups excluding tert-OH is 1. The van der Waals surface area contributed by atoms with Crippen LogP contribution in [-0.4, -0.2) is 23.8 Å². The maximum absolute atomic E-state index is 11.0. The van der Waals surface area contributed by atoms with Gasteiger partial charge in [0.2, 0.25) is 0 Å². The number of hydrogen-bond donors (Lipinski definition) is 1. The highest BCUT2D eigenvalue weighted by atomic mass is 16.5. The Morgan fingerprint density at radius 2 is 1.78 bits per heavy atom. The summed E-state index contributed by atoms with van der Waals surface area (Å²) in [4.78, 5) is 11.0. The first-order chi connectivity index (χ1) is 8.70. The molecule has 3 heteroatoms. The van der Waals surface area contributed by atoms with Crippen molar-refractivity contribution in [2.75, 3.05) is 6.61 Å². The summed E-state index contributed by atoms with van der Waals surface area (Å²) < 4.78 is 5.30. The Morgan fingerprint density at radius 1 is 1.17 bits per heavy atom. The normalized spacial score (nSPS) is 11.8. The number of aliphatic hydroxyl groups is 1. The first-order valence-corrected chi connectivity index (χ1v) is 6.92. The molecule has 1 N–H and O–H groups in total. The van der Waals surface area contributed by atoms with Gasteiger partial charge in [-0.2, -0.15) is 0 Å². The lowest BCUT2D eigenvalue weighted by Gasteiger charge is -2.16. The van der Waals surface area contributed by atoms with Crippen LogP contribution in [0.5, 0.6) is 0 Å². The molecular weight excluding hydrogens is 228 g/mol. The van der Waals surface area contributed by atoms with Gasteiger partial charge in [0.25, 0.3) is 0 Å². The predicted molar refractivity (Wildman–Crippen MR) is 73.0 cm³/mol. The highest BCUT2D eigenvalue weighted by Gasteiger charge is 2.11. The van der Waals surface area contributed by atoms with Gasteiger partial charge in [0.1, 0.15) is 6.10 Å². The molecule has 104 valence electrons. The molecule has 0 aromatic carbocycles. The molecule has 0 fully saturated rings. The van der Waals surface area contributed by atoms with Crippen LogP contribution in [-0.2, 0) is 9.53 Å². The topological polar surface area (TPSA) is 46.5 Å². The van der Waals surface area contributed by atoms with Gasteiger partial charge in [-0.3, -0.25) is 4.79 Å². The van der Waals surface area contributed by atoms with E-state index in [4.69, 9.17) is 16.3 Å². The van der Waals surface area contributed by atoms with E-state index in [1.165, 1.54) is 6.92 Å². The summed E-state index contributed by atoms with van der Waals surface area (Å²) in [7, 11) is 0. The Kier molecular flexibility index (Phi) is 11.7. The third kappa shape index (κ3) is 11.5. The van der Waals surface area contributed by atoms with Gasteiger partial charge >= 0.3 is 5.97 Å². The second-order valence-corrected chi connectivity index (χ2v) is 4.61. The summed E-state index contributed by atoms with van der Waals surface area (Å²) in [6, 6.07) is 0. The zero-order valence-electron chi connectivity index (χ0n) is 11.5. The summed E-state index contributed by atoms with van der Waals surface area (Å²) in [5, 5.41) is 8.67. The van der Waals surface area contributed by atoms with E-state index in [9.17, 15) is 4.79 Å². The van der Waals surface area contributed by atoms with Crippen LogP contribution < -0.4 is 0 Å². The predicted octanol–water partition coefficient (Wildman–Crippen LogP) is 3.05. The maximum Gasteiger partial charge on any atom is 0.302 e. The molecule has 0 rings (SSSR count). The smallest absolute Gasteiger partial charge is 0.302 e. The van der Waals surface area contributed by atoms with Gasteiger partial charge in [-0.25, -0.2) is 0 Å². The van der Waals surface area contributed by atoms with Crippen LogP contribution in [0, 0.1) is 12.3 Å². The number of rotatable bonds is 11. The zero-order chi connectivity index (χ0) is 13.6. The van der Waals surface area contributed by atoms with Gasteiger partial charge in [0, 0.05) is 20.0 Å². The van der Waals surface area contributed by atoms with E-state index in [1.54, 1.807) is 0 Å². The highest BCUT2D eigenvalue weighted by Crippen LogP contribution is 2.15. The van der Waals surface area contributed by atoms with E-state index in [2.05, 4.69) is 5.92 Å². The minimum absolute atomic E-state index is 0.0365. The van der Waals surface area contributed by atoms with Gasteiger partial charge < -0.3 is 9.84 Å². The zero-order valence-corrected chi connectivity index (χ0v) is 11.5. The summed E-state index contributed by atoms with van der Waals surface area (Å²) in [5.74, 6) is 2.42. The monoisotopic (exact) mass is 254 g/mol. The molecule has 0 aromatic heterocycles. The summed E-state index contributed by atoms with van der Waals surface area (Å²) in [5.41, 5.74) is 0. The van der Waals surface area contributed by atoms with Crippen LogP contribution in [0.3, 0.4) is 0 Å². The van der Waals surface area contributed by atoms with Crippen molar-refractivity contribution in [3.63, 3.8) is 0 Å². The van der Waals surface area contributed by atoms with Crippen molar-refractivity contribution in [3.8, 4) is 12.3 Å². The molecule has 0 radical (unpaired) electrons. The molecule has 0 amide bonds. The van der Waals surface area contributed by atoms with Crippen LogP contribution in [0.4, 0.5) is 0 Å². The minimum Gasteiger partial charge on any atom is -0.463 e. The van der Waals surface area contributed by atoms with Crippen LogP contribution in [0.25, 0.3) is 0 Å². The van der Waals surface area contributed by atoms with Crippen molar-refractivity contribution in [1.29, 1.82) is 0 Å². The van der Waals surface area contributed by atoms with E-state index in [1.807, 2.05) is 0 Å². The van der Waals surface area contributed by atoms with Crippen LogP contribution in [0.15, 0.2) is 0 Å². The molecule has 0 aliphatic carbocycles. The number of hydrogen-bond acceptors (Lipinski definition) is 3. The standard InChI is InChI=1S/C15H26O3/c1-3-4-5-8-11-15(18-14(2)17)12-9-6-7-10-13-16/h1,15-16H,4-13H2,2H3. The first-order valence-electron chi connectivity index (χ1n) is 6.92. The molecule has 0 aromatic rings. The van der Waals surface area contributed by atoms with Gasteiger partial charge in [-0.05, 0) is 38.5 Å². The molecule has 0 heterocycles.